The van der Waals surface area contributed by atoms with Crippen LogP contribution in [0.3, 0.4) is 0 Å². The van der Waals surface area contributed by atoms with Crippen molar-refractivity contribution < 1.29 is 19.1 Å². The van der Waals surface area contributed by atoms with Gasteiger partial charge in [-0.3, -0.25) is 14.4 Å². The average molecular weight is 469 g/mol. The number of carbonyl (C=O) groups excluding carboxylic acids is 3. The lowest BCUT2D eigenvalue weighted by Crippen LogP contribution is -2.36. The fraction of sp³-hybridized carbons (Fsp3) is 0.500. The number of aromatic amines is 1. The van der Waals surface area contributed by atoms with Crippen LogP contribution in [-0.4, -0.2) is 59.8 Å². The molecule has 0 saturated carbocycles. The second-order valence-electron chi connectivity index (χ2n) is 8.74. The number of H-pyrrole nitrogens is 1. The van der Waals surface area contributed by atoms with Crippen LogP contribution in [0.25, 0.3) is 0 Å². The molecule has 34 heavy (non-hydrogen) atoms. The smallest absolute Gasteiger partial charge is 0.258 e. The van der Waals surface area contributed by atoms with Crippen LogP contribution in [0.4, 0.5) is 5.69 Å². The van der Waals surface area contributed by atoms with Crippen LogP contribution < -0.4 is 15.4 Å². The minimum atomic E-state index is -0.323. The predicted octanol–water partition coefficient (Wildman–Crippen LogP) is 3.79. The molecule has 0 saturated heterocycles. The van der Waals surface area contributed by atoms with Gasteiger partial charge in [0.05, 0.1) is 11.1 Å². The van der Waals surface area contributed by atoms with Crippen LogP contribution in [0.2, 0.25) is 0 Å². The monoisotopic (exact) mass is 468 g/mol. The van der Waals surface area contributed by atoms with E-state index in [-0.39, 0.29) is 30.2 Å². The normalized spacial score (nSPS) is 13.9. The van der Waals surface area contributed by atoms with Crippen molar-refractivity contribution >= 4 is 23.3 Å². The van der Waals surface area contributed by atoms with Gasteiger partial charge in [-0.1, -0.05) is 13.8 Å². The number of hydrogen-bond acceptors (Lipinski definition) is 5. The number of aryl methyl sites for hydroxylation is 1. The molecular weight excluding hydrogens is 432 g/mol. The zero-order chi connectivity index (χ0) is 24.5. The molecule has 0 bridgehead atoms. The van der Waals surface area contributed by atoms with E-state index in [0.29, 0.717) is 29.0 Å². The highest BCUT2D eigenvalue weighted by molar-refractivity contribution is 6.13. The summed E-state index contributed by atoms with van der Waals surface area (Å²) in [7, 11) is 0. The van der Waals surface area contributed by atoms with Crippen molar-refractivity contribution in [3.05, 3.63) is 47.3 Å². The summed E-state index contributed by atoms with van der Waals surface area (Å²) < 4.78 is 5.58. The number of aromatic nitrogens is 1. The first-order valence-corrected chi connectivity index (χ1v) is 12.2. The molecule has 1 aromatic heterocycles. The Morgan fingerprint density at radius 1 is 1.15 bits per heavy atom. The Bertz CT molecular complexity index is 979. The number of fused-ring (bicyclic) bond motifs is 1. The SMILES string of the molecule is CCN(CC)CCCC(C)NC(=O)COc1ccc(NC(=O)c2c[nH]c3c2C(=O)CCC3)cc1. The standard InChI is InChI=1S/C26H36N4O4/c1-4-30(5-2)15-7-8-18(3)28-24(32)17-34-20-13-11-19(12-14-20)29-26(33)21-16-27-22-9-6-10-23(31)25(21)22/h11-14,16,18,27H,4-10,15,17H2,1-3H3,(H,28,32)(H,29,33). The summed E-state index contributed by atoms with van der Waals surface area (Å²) in [5.74, 6) is 0.0646. The fourth-order valence-electron chi connectivity index (χ4n) is 4.24. The van der Waals surface area contributed by atoms with Gasteiger partial charge >= 0.3 is 0 Å². The summed E-state index contributed by atoms with van der Waals surface area (Å²) in [5, 5.41) is 5.79. The zero-order valence-corrected chi connectivity index (χ0v) is 20.4. The van der Waals surface area contributed by atoms with Gasteiger partial charge in [-0.05, 0) is 76.5 Å². The minimum Gasteiger partial charge on any atom is -0.484 e. The Hall–Kier alpha value is -3.13. The molecule has 3 rings (SSSR count). The van der Waals surface area contributed by atoms with Gasteiger partial charge in [0.15, 0.2) is 12.4 Å². The number of ether oxygens (including phenoxy) is 1. The molecule has 8 nitrogen and oxygen atoms in total. The summed E-state index contributed by atoms with van der Waals surface area (Å²) in [4.78, 5) is 42.5. The third kappa shape index (κ3) is 6.93. The molecule has 0 radical (unpaired) electrons. The number of nitrogens with one attached hydrogen (secondary N) is 3. The van der Waals surface area contributed by atoms with E-state index in [2.05, 4.69) is 34.4 Å². The quantitative estimate of drug-likeness (QED) is 0.440. The summed E-state index contributed by atoms with van der Waals surface area (Å²) in [6.45, 7) is 9.38. The minimum absolute atomic E-state index is 0.00730. The Kier molecular flexibility index (Phi) is 9.27. The fourth-order valence-corrected chi connectivity index (χ4v) is 4.24. The highest BCUT2D eigenvalue weighted by atomic mass is 16.5. The van der Waals surface area contributed by atoms with Crippen LogP contribution in [0.5, 0.6) is 5.75 Å². The maximum atomic E-state index is 12.7. The highest BCUT2D eigenvalue weighted by Gasteiger charge is 2.25. The van der Waals surface area contributed by atoms with E-state index in [0.717, 1.165) is 51.0 Å². The lowest BCUT2D eigenvalue weighted by atomic mass is 9.93. The van der Waals surface area contributed by atoms with E-state index in [1.165, 1.54) is 0 Å². The molecule has 1 aliphatic rings. The Morgan fingerprint density at radius 2 is 1.88 bits per heavy atom. The van der Waals surface area contributed by atoms with Gasteiger partial charge in [-0.25, -0.2) is 0 Å². The van der Waals surface area contributed by atoms with Gasteiger partial charge in [0.25, 0.3) is 11.8 Å². The van der Waals surface area contributed by atoms with Gasteiger partial charge in [0, 0.05) is 30.0 Å². The van der Waals surface area contributed by atoms with Crippen molar-refractivity contribution in [1.82, 2.24) is 15.2 Å². The molecule has 8 heteroatoms. The summed E-state index contributed by atoms with van der Waals surface area (Å²) in [6, 6.07) is 6.92. The van der Waals surface area contributed by atoms with Gasteiger partial charge in [0.2, 0.25) is 0 Å². The van der Waals surface area contributed by atoms with Crippen LogP contribution >= 0.6 is 0 Å². The zero-order valence-electron chi connectivity index (χ0n) is 20.4. The number of rotatable bonds is 12. The third-order valence-electron chi connectivity index (χ3n) is 6.21. The van der Waals surface area contributed by atoms with E-state index < -0.39 is 0 Å². The van der Waals surface area contributed by atoms with Crippen molar-refractivity contribution in [2.24, 2.45) is 0 Å². The van der Waals surface area contributed by atoms with Crippen LogP contribution in [-0.2, 0) is 11.2 Å². The second kappa shape index (κ2) is 12.4. The molecule has 1 aliphatic carbocycles. The maximum absolute atomic E-state index is 12.7. The van der Waals surface area contributed by atoms with Gasteiger partial charge < -0.3 is 25.3 Å². The number of anilines is 1. The average Bonchev–Trinajstić information content (AvgIpc) is 3.27. The number of carbonyl (C=O) groups is 3. The van der Waals surface area contributed by atoms with Crippen molar-refractivity contribution in [2.75, 3.05) is 31.6 Å². The first kappa shape index (κ1) is 25.5. The molecule has 0 spiro atoms. The van der Waals surface area contributed by atoms with E-state index >= 15 is 0 Å². The van der Waals surface area contributed by atoms with Crippen LogP contribution in [0.1, 0.15) is 72.9 Å². The highest BCUT2D eigenvalue weighted by Crippen LogP contribution is 2.25. The number of Topliss-reactive ketones (excluding diaryl/α,β-unsaturated/α-hetero) is 1. The largest absolute Gasteiger partial charge is 0.484 e. The first-order chi connectivity index (χ1) is 16.4. The number of benzene rings is 1. The first-order valence-electron chi connectivity index (χ1n) is 12.2. The lowest BCUT2D eigenvalue weighted by Gasteiger charge is -2.19. The summed E-state index contributed by atoms with van der Waals surface area (Å²) >= 11 is 0. The molecule has 3 N–H and O–H groups in total. The Morgan fingerprint density at radius 3 is 2.59 bits per heavy atom. The molecule has 0 fully saturated rings. The topological polar surface area (TPSA) is 104 Å². The van der Waals surface area contributed by atoms with Crippen molar-refractivity contribution in [2.45, 2.75) is 58.9 Å². The molecule has 2 amide bonds. The van der Waals surface area contributed by atoms with Crippen LogP contribution in [0.15, 0.2) is 30.5 Å². The molecule has 0 aliphatic heterocycles. The second-order valence-corrected chi connectivity index (χ2v) is 8.74. The molecule has 1 unspecified atom stereocenters. The van der Waals surface area contributed by atoms with Crippen LogP contribution in [0, 0.1) is 0 Å². The summed E-state index contributed by atoms with van der Waals surface area (Å²) in [6.07, 6.45) is 5.62. The molecule has 2 aromatic rings. The number of hydrogen-bond donors (Lipinski definition) is 3. The van der Waals surface area contributed by atoms with Crippen molar-refractivity contribution in [1.29, 1.82) is 0 Å². The van der Waals surface area contributed by atoms with E-state index in [9.17, 15) is 14.4 Å². The van der Waals surface area contributed by atoms with E-state index in [1.54, 1.807) is 30.5 Å². The number of ketones is 1. The van der Waals surface area contributed by atoms with Gasteiger partial charge in [-0.15, -0.1) is 0 Å². The third-order valence-corrected chi connectivity index (χ3v) is 6.21. The Balaban J connectivity index is 1.42. The molecule has 1 heterocycles. The van der Waals surface area contributed by atoms with Crippen molar-refractivity contribution in [3.8, 4) is 5.75 Å². The number of amides is 2. The molecule has 1 aromatic carbocycles. The Labute approximate surface area is 201 Å². The van der Waals surface area contributed by atoms with Crippen molar-refractivity contribution in [3.63, 3.8) is 0 Å². The van der Waals surface area contributed by atoms with Gasteiger partial charge in [0.1, 0.15) is 5.75 Å². The number of nitrogens with zero attached hydrogens (tertiary/aromatic N) is 1. The molecular formula is C26H36N4O4. The van der Waals surface area contributed by atoms with E-state index in [4.69, 9.17) is 4.74 Å². The van der Waals surface area contributed by atoms with Gasteiger partial charge in [-0.2, -0.15) is 0 Å². The maximum Gasteiger partial charge on any atom is 0.258 e. The molecule has 1 atom stereocenters. The molecule has 184 valence electrons. The summed E-state index contributed by atoms with van der Waals surface area (Å²) in [5.41, 5.74) is 2.31. The van der Waals surface area contributed by atoms with E-state index in [1.807, 2.05) is 6.92 Å². The predicted molar refractivity (Wildman–Crippen MR) is 133 cm³/mol. The lowest BCUT2D eigenvalue weighted by molar-refractivity contribution is -0.123.